The zero-order chi connectivity index (χ0) is 11.4. The zero-order valence-corrected chi connectivity index (χ0v) is 9.97. The molecule has 0 radical (unpaired) electrons. The van der Waals surface area contributed by atoms with Gasteiger partial charge in [-0.2, -0.15) is 11.8 Å². The van der Waals surface area contributed by atoms with Crippen LogP contribution in [0.4, 0.5) is 4.39 Å². The third-order valence-electron chi connectivity index (χ3n) is 3.00. The van der Waals surface area contributed by atoms with E-state index in [0.29, 0.717) is 5.25 Å². The van der Waals surface area contributed by atoms with Crippen LogP contribution in [-0.4, -0.2) is 17.0 Å². The topological polar surface area (TPSA) is 38.0 Å². The van der Waals surface area contributed by atoms with Crippen molar-refractivity contribution in [1.29, 1.82) is 0 Å². The highest BCUT2D eigenvalue weighted by atomic mass is 32.2. The molecule has 1 fully saturated rings. The molecule has 0 amide bonds. The highest BCUT2D eigenvalue weighted by Gasteiger charge is 2.24. The summed E-state index contributed by atoms with van der Waals surface area (Å²) < 4.78 is 12.8. The fourth-order valence-electron chi connectivity index (χ4n) is 2.09. The lowest BCUT2D eigenvalue weighted by Gasteiger charge is -2.21. The van der Waals surface area contributed by atoms with E-state index in [-0.39, 0.29) is 11.9 Å². The van der Waals surface area contributed by atoms with Crippen molar-refractivity contribution < 1.29 is 4.39 Å². The number of hydrazine groups is 1. The van der Waals surface area contributed by atoms with E-state index in [1.807, 2.05) is 23.9 Å². The maximum absolute atomic E-state index is 12.8. The Hall–Kier alpha value is -0.580. The van der Waals surface area contributed by atoms with Crippen LogP contribution in [0.1, 0.15) is 18.4 Å². The highest BCUT2D eigenvalue weighted by molar-refractivity contribution is 8.00. The number of nitrogens with one attached hydrogen (secondary N) is 1. The van der Waals surface area contributed by atoms with Crippen LogP contribution in [0.25, 0.3) is 0 Å². The predicted octanol–water partition coefficient (Wildman–Crippen LogP) is 2.10. The number of nitrogens with two attached hydrogens (primary N) is 1. The summed E-state index contributed by atoms with van der Waals surface area (Å²) in [6.45, 7) is 0. The number of hydrogen-bond donors (Lipinski definition) is 2. The Morgan fingerprint density at radius 1 is 1.44 bits per heavy atom. The van der Waals surface area contributed by atoms with Gasteiger partial charge in [-0.25, -0.2) is 4.39 Å². The lowest BCUT2D eigenvalue weighted by atomic mass is 10.0. The number of hydrogen-bond acceptors (Lipinski definition) is 3. The molecule has 1 saturated heterocycles. The van der Waals surface area contributed by atoms with Crippen molar-refractivity contribution in [2.45, 2.75) is 30.6 Å². The molecule has 0 aromatic heterocycles. The normalized spacial score (nSPS) is 22.2. The second-order valence-corrected chi connectivity index (χ2v) is 5.50. The number of thioether (sulfide) groups is 1. The first-order valence-corrected chi connectivity index (χ1v) is 6.66. The van der Waals surface area contributed by atoms with Crippen molar-refractivity contribution in [3.8, 4) is 0 Å². The average Bonchev–Trinajstić information content (AvgIpc) is 2.82. The summed E-state index contributed by atoms with van der Waals surface area (Å²) >= 11 is 1.98. The van der Waals surface area contributed by atoms with Crippen LogP contribution in [0.3, 0.4) is 0 Å². The maximum Gasteiger partial charge on any atom is 0.123 e. The number of halogens is 1. The fourth-order valence-corrected chi connectivity index (χ4v) is 3.47. The van der Waals surface area contributed by atoms with E-state index in [2.05, 4.69) is 5.43 Å². The van der Waals surface area contributed by atoms with E-state index >= 15 is 0 Å². The molecule has 2 nitrogen and oxygen atoms in total. The van der Waals surface area contributed by atoms with E-state index < -0.39 is 0 Å². The summed E-state index contributed by atoms with van der Waals surface area (Å²) in [5.41, 5.74) is 4.03. The van der Waals surface area contributed by atoms with Gasteiger partial charge < -0.3 is 0 Å². The second-order valence-electron chi connectivity index (χ2n) is 4.16. The van der Waals surface area contributed by atoms with Crippen LogP contribution < -0.4 is 11.3 Å². The molecule has 2 atom stereocenters. The van der Waals surface area contributed by atoms with Crippen molar-refractivity contribution in [3.05, 3.63) is 35.6 Å². The summed E-state index contributed by atoms with van der Waals surface area (Å²) in [6.07, 6.45) is 3.37. The molecule has 88 valence electrons. The summed E-state index contributed by atoms with van der Waals surface area (Å²) in [5.74, 6) is 6.64. The van der Waals surface area contributed by atoms with E-state index in [4.69, 9.17) is 5.84 Å². The maximum atomic E-state index is 12.8. The molecule has 1 aromatic carbocycles. The van der Waals surface area contributed by atoms with Gasteiger partial charge in [-0.05, 0) is 42.7 Å². The first-order valence-electron chi connectivity index (χ1n) is 5.62. The molecule has 3 N–H and O–H groups in total. The molecule has 1 aliphatic rings. The Morgan fingerprint density at radius 2 is 2.19 bits per heavy atom. The van der Waals surface area contributed by atoms with Gasteiger partial charge >= 0.3 is 0 Å². The van der Waals surface area contributed by atoms with Gasteiger partial charge in [-0.3, -0.25) is 11.3 Å². The third kappa shape index (κ3) is 2.97. The highest BCUT2D eigenvalue weighted by Crippen LogP contribution is 2.29. The van der Waals surface area contributed by atoms with Crippen LogP contribution in [-0.2, 0) is 6.42 Å². The van der Waals surface area contributed by atoms with E-state index in [9.17, 15) is 4.39 Å². The minimum atomic E-state index is -0.184. The Kier molecular flexibility index (Phi) is 4.21. The monoisotopic (exact) mass is 240 g/mol. The van der Waals surface area contributed by atoms with E-state index in [1.165, 1.54) is 30.7 Å². The summed E-state index contributed by atoms with van der Waals surface area (Å²) in [4.78, 5) is 0. The van der Waals surface area contributed by atoms with Crippen LogP contribution in [0.5, 0.6) is 0 Å². The van der Waals surface area contributed by atoms with Crippen LogP contribution in [0.15, 0.2) is 24.3 Å². The Bertz CT molecular complexity index is 322. The molecule has 2 unspecified atom stereocenters. The minimum Gasteiger partial charge on any atom is -0.271 e. The zero-order valence-electron chi connectivity index (χ0n) is 9.16. The van der Waals surface area contributed by atoms with Crippen LogP contribution in [0.2, 0.25) is 0 Å². The molecule has 0 spiro atoms. The van der Waals surface area contributed by atoms with Gasteiger partial charge in [-0.15, -0.1) is 0 Å². The third-order valence-corrected chi connectivity index (χ3v) is 4.51. The molecule has 2 rings (SSSR count). The van der Waals surface area contributed by atoms with Gasteiger partial charge in [0.05, 0.1) is 0 Å². The van der Waals surface area contributed by atoms with Gasteiger partial charge in [0, 0.05) is 11.3 Å². The fraction of sp³-hybridized carbons (Fsp3) is 0.500. The quantitative estimate of drug-likeness (QED) is 0.625. The molecule has 4 heteroatoms. The van der Waals surface area contributed by atoms with Gasteiger partial charge in [0.1, 0.15) is 5.82 Å². The Balaban J connectivity index is 1.97. The molecular formula is C12H17FN2S. The molecule has 0 bridgehead atoms. The SMILES string of the molecule is NNC(Cc1ccc(F)cc1)C1CCCS1. The lowest BCUT2D eigenvalue weighted by Crippen LogP contribution is -2.43. The van der Waals surface area contributed by atoms with Gasteiger partial charge in [0.15, 0.2) is 0 Å². The number of benzene rings is 1. The first-order chi connectivity index (χ1) is 7.79. The first kappa shape index (κ1) is 11.9. The molecular weight excluding hydrogens is 223 g/mol. The Morgan fingerprint density at radius 3 is 2.75 bits per heavy atom. The van der Waals surface area contributed by atoms with Crippen LogP contribution in [0, 0.1) is 5.82 Å². The largest absolute Gasteiger partial charge is 0.271 e. The standard InChI is InChI=1S/C12H17FN2S/c13-10-5-3-9(4-6-10)8-11(15-14)12-2-1-7-16-12/h3-6,11-12,15H,1-2,7-8,14H2. The van der Waals surface area contributed by atoms with Crippen molar-refractivity contribution in [1.82, 2.24) is 5.43 Å². The van der Waals surface area contributed by atoms with Gasteiger partial charge in [0.25, 0.3) is 0 Å². The number of rotatable bonds is 4. The average molecular weight is 240 g/mol. The van der Waals surface area contributed by atoms with Crippen molar-refractivity contribution >= 4 is 11.8 Å². The van der Waals surface area contributed by atoms with Gasteiger partial charge in [0.2, 0.25) is 0 Å². The molecule has 16 heavy (non-hydrogen) atoms. The summed E-state index contributed by atoms with van der Waals surface area (Å²) in [6, 6.07) is 6.96. The Labute approximate surface area is 99.8 Å². The summed E-state index contributed by atoms with van der Waals surface area (Å²) in [5, 5.41) is 0.593. The summed E-state index contributed by atoms with van der Waals surface area (Å²) in [7, 11) is 0. The lowest BCUT2D eigenvalue weighted by molar-refractivity contribution is 0.495. The van der Waals surface area contributed by atoms with Crippen molar-refractivity contribution in [3.63, 3.8) is 0 Å². The van der Waals surface area contributed by atoms with Crippen LogP contribution >= 0.6 is 11.8 Å². The molecule has 1 aromatic rings. The van der Waals surface area contributed by atoms with Crippen molar-refractivity contribution in [2.75, 3.05) is 5.75 Å². The van der Waals surface area contributed by atoms with Gasteiger partial charge in [-0.1, -0.05) is 12.1 Å². The van der Waals surface area contributed by atoms with Crippen molar-refractivity contribution in [2.24, 2.45) is 5.84 Å². The molecule has 1 heterocycles. The molecule has 1 aliphatic heterocycles. The smallest absolute Gasteiger partial charge is 0.123 e. The van der Waals surface area contributed by atoms with E-state index in [0.717, 1.165) is 12.0 Å². The second kappa shape index (κ2) is 5.66. The molecule has 0 saturated carbocycles. The van der Waals surface area contributed by atoms with E-state index in [1.54, 1.807) is 0 Å². The molecule has 0 aliphatic carbocycles. The predicted molar refractivity (Wildman–Crippen MR) is 66.7 cm³/mol. The minimum absolute atomic E-state index is 0.184.